The van der Waals surface area contributed by atoms with E-state index in [9.17, 15) is 9.90 Å². The number of likely N-dealkylation sites (N-methyl/N-ethyl adjacent to an activating group) is 1. The van der Waals surface area contributed by atoms with E-state index in [-0.39, 0.29) is 0 Å². The van der Waals surface area contributed by atoms with Crippen molar-refractivity contribution in [1.29, 1.82) is 0 Å². The van der Waals surface area contributed by atoms with Crippen LogP contribution in [0.5, 0.6) is 0 Å². The van der Waals surface area contributed by atoms with E-state index in [0.29, 0.717) is 13.1 Å². The lowest BCUT2D eigenvalue weighted by atomic mass is 10.1. The molecule has 0 spiro atoms. The Kier molecular flexibility index (Phi) is 4.95. The molecule has 0 unspecified atom stereocenters. The smallest absolute Gasteiger partial charge is 0.325 e. The average Bonchev–Trinajstić information content (AvgIpc) is 3.25. The maximum atomic E-state index is 11.8. The van der Waals surface area contributed by atoms with Crippen LogP contribution in [0.3, 0.4) is 0 Å². The van der Waals surface area contributed by atoms with Gasteiger partial charge in [-0.1, -0.05) is 12.1 Å². The van der Waals surface area contributed by atoms with Crippen LogP contribution in [0.1, 0.15) is 17.4 Å². The molecule has 0 amide bonds. The summed E-state index contributed by atoms with van der Waals surface area (Å²) in [6.07, 6.45) is 7.21. The summed E-state index contributed by atoms with van der Waals surface area (Å²) in [5.41, 5.74) is 1.64. The quantitative estimate of drug-likeness (QED) is 0.714. The zero-order valence-electron chi connectivity index (χ0n) is 14.3. The lowest BCUT2D eigenvalue weighted by Crippen LogP contribution is -2.33. The lowest BCUT2D eigenvalue weighted by Gasteiger charge is -2.25. The van der Waals surface area contributed by atoms with E-state index >= 15 is 0 Å². The van der Waals surface area contributed by atoms with E-state index < -0.39 is 12.0 Å². The Bertz CT molecular complexity index is 824. The number of imidazole rings is 1. The monoisotopic (exact) mass is 339 g/mol. The number of rotatable bonds is 7. The van der Waals surface area contributed by atoms with Crippen molar-refractivity contribution in [3.8, 4) is 5.69 Å². The Morgan fingerprint density at radius 1 is 1.24 bits per heavy atom. The van der Waals surface area contributed by atoms with Crippen LogP contribution in [0.25, 0.3) is 5.69 Å². The van der Waals surface area contributed by atoms with Crippen LogP contribution >= 0.6 is 0 Å². The second-order valence-corrected chi connectivity index (χ2v) is 5.93. The SMILES string of the molecule is Cc1nccn1CCN(C)[C@H](C(=O)O)c1ccc(-n2cccn2)cc1. The number of carboxylic acids is 1. The first kappa shape index (κ1) is 16.9. The molecule has 1 aromatic carbocycles. The van der Waals surface area contributed by atoms with Crippen LogP contribution in [-0.2, 0) is 11.3 Å². The summed E-state index contributed by atoms with van der Waals surface area (Å²) < 4.78 is 3.75. The summed E-state index contributed by atoms with van der Waals surface area (Å²) in [6.45, 7) is 3.23. The van der Waals surface area contributed by atoms with Gasteiger partial charge >= 0.3 is 5.97 Å². The minimum atomic E-state index is -0.864. The van der Waals surface area contributed by atoms with Crippen LogP contribution in [0.4, 0.5) is 0 Å². The first-order chi connectivity index (χ1) is 12.1. The summed E-state index contributed by atoms with van der Waals surface area (Å²) in [4.78, 5) is 17.8. The topological polar surface area (TPSA) is 76.2 Å². The zero-order valence-corrected chi connectivity index (χ0v) is 14.3. The van der Waals surface area contributed by atoms with Crippen molar-refractivity contribution < 1.29 is 9.90 Å². The van der Waals surface area contributed by atoms with Gasteiger partial charge in [-0.25, -0.2) is 9.67 Å². The average molecular weight is 339 g/mol. The summed E-state index contributed by atoms with van der Waals surface area (Å²) in [5, 5.41) is 13.9. The van der Waals surface area contributed by atoms with Gasteiger partial charge in [0.05, 0.1) is 5.69 Å². The third-order valence-electron chi connectivity index (χ3n) is 4.27. The van der Waals surface area contributed by atoms with Crippen LogP contribution in [0, 0.1) is 6.92 Å². The van der Waals surface area contributed by atoms with Gasteiger partial charge in [0.2, 0.25) is 0 Å². The predicted octanol–water partition coefficient (Wildman–Crippen LogP) is 2.13. The molecule has 0 radical (unpaired) electrons. The number of benzene rings is 1. The van der Waals surface area contributed by atoms with E-state index in [1.54, 1.807) is 17.1 Å². The first-order valence-corrected chi connectivity index (χ1v) is 8.07. The van der Waals surface area contributed by atoms with Crippen LogP contribution < -0.4 is 0 Å². The number of aromatic nitrogens is 4. The highest BCUT2D eigenvalue weighted by Crippen LogP contribution is 2.21. The van der Waals surface area contributed by atoms with Gasteiger partial charge in [0.25, 0.3) is 0 Å². The first-order valence-electron chi connectivity index (χ1n) is 8.07. The fourth-order valence-corrected chi connectivity index (χ4v) is 2.85. The third-order valence-corrected chi connectivity index (χ3v) is 4.27. The maximum Gasteiger partial charge on any atom is 0.325 e. The molecule has 0 aliphatic heterocycles. The number of hydrogen-bond donors (Lipinski definition) is 1. The molecule has 25 heavy (non-hydrogen) atoms. The molecule has 2 heterocycles. The molecule has 0 saturated carbocycles. The largest absolute Gasteiger partial charge is 0.480 e. The molecular weight excluding hydrogens is 318 g/mol. The van der Waals surface area contributed by atoms with Gasteiger partial charge in [0.15, 0.2) is 0 Å². The van der Waals surface area contributed by atoms with Crippen LogP contribution in [0.2, 0.25) is 0 Å². The standard InChI is InChI=1S/C18H21N5O2/c1-14-19-9-11-22(14)13-12-21(2)17(18(24)25)15-4-6-16(7-5-15)23-10-3-8-20-23/h3-11,17H,12-13H2,1-2H3,(H,24,25)/t17-/m0/s1. The number of carboxylic acid groups (broad SMARTS) is 1. The Labute approximate surface area is 146 Å². The minimum absolute atomic E-state index is 0.606. The lowest BCUT2D eigenvalue weighted by molar-refractivity contribution is -0.143. The highest BCUT2D eigenvalue weighted by atomic mass is 16.4. The molecule has 0 bridgehead atoms. The van der Waals surface area contributed by atoms with Gasteiger partial charge in [0, 0.05) is 37.9 Å². The van der Waals surface area contributed by atoms with Crippen molar-refractivity contribution in [3.63, 3.8) is 0 Å². The highest BCUT2D eigenvalue weighted by Gasteiger charge is 2.24. The summed E-state index contributed by atoms with van der Waals surface area (Å²) in [6, 6.07) is 8.59. The zero-order chi connectivity index (χ0) is 17.8. The molecule has 3 aromatic rings. The van der Waals surface area contributed by atoms with Crippen molar-refractivity contribution >= 4 is 5.97 Å². The molecule has 1 N–H and O–H groups in total. The second-order valence-electron chi connectivity index (χ2n) is 5.93. The van der Waals surface area contributed by atoms with E-state index in [1.807, 2.05) is 66.2 Å². The number of aryl methyl sites for hydroxylation is 1. The number of aliphatic carboxylic acids is 1. The number of carbonyl (C=O) groups is 1. The summed E-state index contributed by atoms with van der Waals surface area (Å²) in [7, 11) is 1.83. The van der Waals surface area contributed by atoms with Gasteiger partial charge in [-0.2, -0.15) is 5.10 Å². The predicted molar refractivity (Wildman–Crippen MR) is 93.5 cm³/mol. The second kappa shape index (κ2) is 7.31. The summed E-state index contributed by atoms with van der Waals surface area (Å²) in [5.74, 6) is 0.0561. The van der Waals surface area contributed by atoms with Gasteiger partial charge < -0.3 is 9.67 Å². The molecule has 0 fully saturated rings. The Balaban J connectivity index is 1.73. The molecule has 3 rings (SSSR count). The van der Waals surface area contributed by atoms with Crippen molar-refractivity contribution in [2.75, 3.05) is 13.6 Å². The fraction of sp³-hybridized carbons (Fsp3) is 0.278. The normalized spacial score (nSPS) is 12.4. The third kappa shape index (κ3) is 3.77. The van der Waals surface area contributed by atoms with E-state index in [0.717, 1.165) is 17.1 Å². The molecule has 130 valence electrons. The number of nitrogens with zero attached hydrogens (tertiary/aromatic N) is 5. The molecular formula is C18H21N5O2. The van der Waals surface area contributed by atoms with Crippen molar-refractivity contribution in [2.24, 2.45) is 0 Å². The molecule has 7 heteroatoms. The molecule has 7 nitrogen and oxygen atoms in total. The van der Waals surface area contributed by atoms with Crippen molar-refractivity contribution in [1.82, 2.24) is 24.2 Å². The van der Waals surface area contributed by atoms with Crippen LogP contribution in [-0.4, -0.2) is 48.9 Å². The molecule has 0 aliphatic rings. The van der Waals surface area contributed by atoms with Crippen LogP contribution in [0.15, 0.2) is 55.1 Å². The molecule has 0 aliphatic carbocycles. The van der Waals surface area contributed by atoms with Gasteiger partial charge in [-0.15, -0.1) is 0 Å². The van der Waals surface area contributed by atoms with E-state index in [2.05, 4.69) is 10.1 Å². The van der Waals surface area contributed by atoms with Crippen molar-refractivity contribution in [2.45, 2.75) is 19.5 Å². The number of hydrogen-bond acceptors (Lipinski definition) is 4. The van der Waals surface area contributed by atoms with Crippen molar-refractivity contribution in [3.05, 3.63) is 66.5 Å². The van der Waals surface area contributed by atoms with Gasteiger partial charge in [0.1, 0.15) is 11.9 Å². The van der Waals surface area contributed by atoms with E-state index in [1.165, 1.54) is 0 Å². The molecule has 1 atom stereocenters. The Morgan fingerprint density at radius 3 is 2.56 bits per heavy atom. The summed E-state index contributed by atoms with van der Waals surface area (Å²) >= 11 is 0. The van der Waals surface area contributed by atoms with Gasteiger partial charge in [-0.05, 0) is 37.7 Å². The molecule has 2 aromatic heterocycles. The minimum Gasteiger partial charge on any atom is -0.480 e. The maximum absolute atomic E-state index is 11.8. The Morgan fingerprint density at radius 2 is 2.00 bits per heavy atom. The van der Waals surface area contributed by atoms with Gasteiger partial charge in [-0.3, -0.25) is 9.69 Å². The highest BCUT2D eigenvalue weighted by molar-refractivity contribution is 5.75. The Hall–Kier alpha value is -2.93. The fourth-order valence-electron chi connectivity index (χ4n) is 2.85. The molecule has 0 saturated heterocycles. The van der Waals surface area contributed by atoms with E-state index in [4.69, 9.17) is 0 Å².